The van der Waals surface area contributed by atoms with Crippen molar-refractivity contribution in [3.05, 3.63) is 35.4 Å². The molecule has 0 saturated carbocycles. The number of hydrogen-bond donors (Lipinski definition) is 0. The van der Waals surface area contributed by atoms with Gasteiger partial charge in [0.1, 0.15) is 0 Å². The van der Waals surface area contributed by atoms with Crippen LogP contribution in [0.1, 0.15) is 63.4 Å². The number of carbonyl (C=O) groups is 1. The molecule has 1 rings (SSSR count). The highest BCUT2D eigenvalue weighted by atomic mass is 16.1. The van der Waals surface area contributed by atoms with Gasteiger partial charge in [0.25, 0.3) is 0 Å². The van der Waals surface area contributed by atoms with Crippen molar-refractivity contribution in [3.8, 4) is 0 Å². The molecule has 0 bridgehead atoms. The summed E-state index contributed by atoms with van der Waals surface area (Å²) in [6, 6.07) is 8.07. The molecule has 0 atom stereocenters. The van der Waals surface area contributed by atoms with Crippen LogP contribution in [0.4, 0.5) is 0 Å². The molecule has 94 valence electrons. The molecule has 0 aliphatic heterocycles. The maximum absolute atomic E-state index is 11.9. The van der Waals surface area contributed by atoms with Gasteiger partial charge < -0.3 is 0 Å². The van der Waals surface area contributed by atoms with E-state index in [1.54, 1.807) is 0 Å². The van der Waals surface area contributed by atoms with Crippen molar-refractivity contribution >= 4 is 5.78 Å². The number of Topliss-reactive ketones (excluding diaryl/α,β-unsaturated/α-hetero) is 1. The lowest BCUT2D eigenvalue weighted by Gasteiger charge is -2.19. The summed E-state index contributed by atoms with van der Waals surface area (Å²) in [6.45, 7) is 10.8. The third-order valence-corrected chi connectivity index (χ3v) is 3.02. The lowest BCUT2D eigenvalue weighted by molar-refractivity contribution is 0.0975. The second-order valence-electron chi connectivity index (χ2n) is 6.18. The van der Waals surface area contributed by atoms with Gasteiger partial charge in [-0.25, -0.2) is 0 Å². The van der Waals surface area contributed by atoms with Crippen molar-refractivity contribution < 1.29 is 4.79 Å². The highest BCUT2D eigenvalue weighted by Gasteiger charge is 2.14. The van der Waals surface area contributed by atoms with Gasteiger partial charge in [-0.1, -0.05) is 58.9 Å². The Kier molecular flexibility index (Phi) is 4.50. The molecule has 0 spiro atoms. The summed E-state index contributed by atoms with van der Waals surface area (Å²) in [5.41, 5.74) is 2.27. The Labute approximate surface area is 105 Å². The zero-order valence-electron chi connectivity index (χ0n) is 11.7. The summed E-state index contributed by atoms with van der Waals surface area (Å²) < 4.78 is 0. The fourth-order valence-corrected chi connectivity index (χ4v) is 1.72. The Morgan fingerprint density at radius 1 is 1.12 bits per heavy atom. The van der Waals surface area contributed by atoms with Crippen molar-refractivity contribution in [2.24, 2.45) is 5.92 Å². The molecular weight excluding hydrogens is 208 g/mol. The van der Waals surface area contributed by atoms with Crippen LogP contribution in [0.25, 0.3) is 0 Å². The third-order valence-electron chi connectivity index (χ3n) is 3.02. The van der Waals surface area contributed by atoms with E-state index in [4.69, 9.17) is 0 Å². The molecule has 0 unspecified atom stereocenters. The molecule has 0 heterocycles. The minimum absolute atomic E-state index is 0.152. The van der Waals surface area contributed by atoms with Crippen LogP contribution in [-0.2, 0) is 5.41 Å². The predicted octanol–water partition coefficient (Wildman–Crippen LogP) is 4.60. The van der Waals surface area contributed by atoms with E-state index in [0.717, 1.165) is 12.0 Å². The van der Waals surface area contributed by atoms with Crippen LogP contribution in [0.15, 0.2) is 24.3 Å². The molecule has 1 nitrogen and oxygen atoms in total. The van der Waals surface area contributed by atoms with E-state index < -0.39 is 0 Å². The summed E-state index contributed by atoms with van der Waals surface area (Å²) in [7, 11) is 0. The summed E-state index contributed by atoms with van der Waals surface area (Å²) >= 11 is 0. The van der Waals surface area contributed by atoms with Crippen molar-refractivity contribution in [1.82, 2.24) is 0 Å². The number of hydrogen-bond acceptors (Lipinski definition) is 1. The van der Waals surface area contributed by atoms with Crippen molar-refractivity contribution in [3.63, 3.8) is 0 Å². The second-order valence-corrected chi connectivity index (χ2v) is 6.18. The molecule has 0 fully saturated rings. The van der Waals surface area contributed by atoms with Crippen LogP contribution in [-0.4, -0.2) is 5.78 Å². The SMILES string of the molecule is CC(C)CCC(=O)c1ccc(C(C)(C)C)cc1. The first kappa shape index (κ1) is 14.0. The van der Waals surface area contributed by atoms with Crippen LogP contribution >= 0.6 is 0 Å². The molecule has 1 aromatic carbocycles. The van der Waals surface area contributed by atoms with Gasteiger partial charge in [-0.2, -0.15) is 0 Å². The maximum atomic E-state index is 11.9. The molecule has 0 saturated heterocycles. The maximum Gasteiger partial charge on any atom is 0.162 e. The monoisotopic (exact) mass is 232 g/mol. The molecule has 0 aliphatic carbocycles. The van der Waals surface area contributed by atoms with E-state index in [9.17, 15) is 4.79 Å². The van der Waals surface area contributed by atoms with Crippen LogP contribution in [0, 0.1) is 5.92 Å². The Hall–Kier alpha value is -1.11. The standard InChI is InChI=1S/C16H24O/c1-12(2)6-11-15(17)13-7-9-14(10-8-13)16(3,4)5/h7-10,12H,6,11H2,1-5H3. The van der Waals surface area contributed by atoms with E-state index >= 15 is 0 Å². The number of rotatable bonds is 4. The molecular formula is C16H24O. The van der Waals surface area contributed by atoms with Gasteiger partial charge in [0.15, 0.2) is 5.78 Å². The molecule has 1 aromatic rings. The molecule has 17 heavy (non-hydrogen) atoms. The van der Waals surface area contributed by atoms with E-state index in [1.165, 1.54) is 5.56 Å². The fourth-order valence-electron chi connectivity index (χ4n) is 1.72. The van der Waals surface area contributed by atoms with Crippen molar-refractivity contribution in [1.29, 1.82) is 0 Å². The average Bonchev–Trinajstić information content (AvgIpc) is 2.25. The highest BCUT2D eigenvalue weighted by molar-refractivity contribution is 5.96. The zero-order chi connectivity index (χ0) is 13.1. The first-order chi connectivity index (χ1) is 7.80. The van der Waals surface area contributed by atoms with Gasteiger partial charge in [-0.15, -0.1) is 0 Å². The van der Waals surface area contributed by atoms with Gasteiger partial charge in [0.2, 0.25) is 0 Å². The van der Waals surface area contributed by atoms with Crippen molar-refractivity contribution in [2.75, 3.05) is 0 Å². The summed E-state index contributed by atoms with van der Waals surface area (Å²) in [4.78, 5) is 11.9. The van der Waals surface area contributed by atoms with Crippen LogP contribution in [0.3, 0.4) is 0 Å². The van der Waals surface area contributed by atoms with E-state index in [1.807, 2.05) is 12.1 Å². The summed E-state index contributed by atoms with van der Waals surface area (Å²) in [5, 5.41) is 0. The Morgan fingerprint density at radius 2 is 1.65 bits per heavy atom. The Morgan fingerprint density at radius 3 is 2.06 bits per heavy atom. The first-order valence-corrected chi connectivity index (χ1v) is 6.44. The van der Waals surface area contributed by atoms with Gasteiger partial charge in [-0.3, -0.25) is 4.79 Å². The Bertz CT molecular complexity index is 366. The molecule has 0 N–H and O–H groups in total. The van der Waals surface area contributed by atoms with Gasteiger partial charge >= 0.3 is 0 Å². The number of carbonyl (C=O) groups excluding carboxylic acids is 1. The zero-order valence-corrected chi connectivity index (χ0v) is 11.7. The van der Waals surface area contributed by atoms with Gasteiger partial charge in [-0.05, 0) is 23.3 Å². The molecule has 0 amide bonds. The van der Waals surface area contributed by atoms with E-state index in [2.05, 4.69) is 46.8 Å². The molecule has 0 aliphatic rings. The number of benzene rings is 1. The smallest absolute Gasteiger partial charge is 0.162 e. The number of ketones is 1. The molecule has 0 aromatic heterocycles. The first-order valence-electron chi connectivity index (χ1n) is 6.44. The lowest BCUT2D eigenvalue weighted by Crippen LogP contribution is -2.11. The summed E-state index contributed by atoms with van der Waals surface area (Å²) in [5.74, 6) is 0.854. The molecule has 0 radical (unpaired) electrons. The van der Waals surface area contributed by atoms with Crippen LogP contribution in [0.5, 0.6) is 0 Å². The van der Waals surface area contributed by atoms with Gasteiger partial charge in [0.05, 0.1) is 0 Å². The third kappa shape index (κ3) is 4.33. The Balaban J connectivity index is 2.71. The normalized spacial score (nSPS) is 11.9. The topological polar surface area (TPSA) is 17.1 Å². The quantitative estimate of drug-likeness (QED) is 0.693. The fraction of sp³-hybridized carbons (Fsp3) is 0.562. The van der Waals surface area contributed by atoms with Crippen LogP contribution in [0.2, 0.25) is 0 Å². The van der Waals surface area contributed by atoms with Gasteiger partial charge in [0, 0.05) is 12.0 Å². The lowest BCUT2D eigenvalue weighted by atomic mass is 9.86. The second kappa shape index (κ2) is 5.48. The van der Waals surface area contributed by atoms with E-state index in [-0.39, 0.29) is 11.2 Å². The van der Waals surface area contributed by atoms with E-state index in [0.29, 0.717) is 12.3 Å². The molecule has 1 heteroatoms. The van der Waals surface area contributed by atoms with Crippen LogP contribution < -0.4 is 0 Å². The largest absolute Gasteiger partial charge is 0.294 e. The summed E-state index contributed by atoms with van der Waals surface area (Å²) in [6.07, 6.45) is 1.63. The van der Waals surface area contributed by atoms with Crippen molar-refractivity contribution in [2.45, 2.75) is 52.9 Å². The minimum Gasteiger partial charge on any atom is -0.294 e. The highest BCUT2D eigenvalue weighted by Crippen LogP contribution is 2.22. The average molecular weight is 232 g/mol. The predicted molar refractivity (Wildman–Crippen MR) is 73.5 cm³/mol. The minimum atomic E-state index is 0.152.